The van der Waals surface area contributed by atoms with Crippen LogP contribution >= 0.6 is 0 Å². The first kappa shape index (κ1) is 15.5. The maximum atomic E-state index is 12.1. The van der Waals surface area contributed by atoms with Crippen molar-refractivity contribution in [1.29, 1.82) is 0 Å². The molecule has 2 saturated heterocycles. The molecule has 7 nitrogen and oxygen atoms in total. The van der Waals surface area contributed by atoms with Gasteiger partial charge in [-0.05, 0) is 44.0 Å². The Bertz CT molecular complexity index is 637. The first-order valence-corrected chi connectivity index (χ1v) is 7.75. The highest BCUT2D eigenvalue weighted by Gasteiger charge is 2.43. The molecule has 4 N–H and O–H groups in total. The third kappa shape index (κ3) is 3.05. The maximum absolute atomic E-state index is 12.1. The Morgan fingerprint density at radius 3 is 2.61 bits per heavy atom. The van der Waals surface area contributed by atoms with Crippen molar-refractivity contribution in [3.8, 4) is 0 Å². The van der Waals surface area contributed by atoms with E-state index < -0.39 is 17.5 Å². The molecule has 2 aliphatic rings. The van der Waals surface area contributed by atoms with Crippen molar-refractivity contribution in [2.24, 2.45) is 0 Å². The summed E-state index contributed by atoms with van der Waals surface area (Å²) in [5, 5.41) is 11.0. The standard InChI is InChI=1S/C16H20N4O3/c1-16(14(22)19-15(23)20-16)11-6-4-10(5-7-11)13(21)18-9-12-3-2-8-17-12/h4-7,12,17H,2-3,8-9H2,1H3,(H,18,21)(H2,19,20,22,23). The Morgan fingerprint density at radius 2 is 2.04 bits per heavy atom. The van der Waals surface area contributed by atoms with Gasteiger partial charge in [0.2, 0.25) is 0 Å². The minimum atomic E-state index is -1.10. The summed E-state index contributed by atoms with van der Waals surface area (Å²) in [6, 6.07) is 6.53. The smallest absolute Gasteiger partial charge is 0.322 e. The van der Waals surface area contributed by atoms with Gasteiger partial charge >= 0.3 is 6.03 Å². The lowest BCUT2D eigenvalue weighted by atomic mass is 9.91. The Morgan fingerprint density at radius 1 is 1.30 bits per heavy atom. The lowest BCUT2D eigenvalue weighted by Crippen LogP contribution is -2.40. The Balaban J connectivity index is 1.65. The van der Waals surface area contributed by atoms with Gasteiger partial charge < -0.3 is 16.0 Å². The summed E-state index contributed by atoms with van der Waals surface area (Å²) in [5.41, 5.74) is 0.0646. The minimum absolute atomic E-state index is 0.143. The summed E-state index contributed by atoms with van der Waals surface area (Å²) in [4.78, 5) is 35.4. The second-order valence-electron chi connectivity index (χ2n) is 6.11. The predicted octanol–water partition coefficient (Wildman–Crippen LogP) is 0.223. The zero-order valence-electron chi connectivity index (χ0n) is 12.9. The molecule has 122 valence electrons. The molecule has 2 heterocycles. The summed E-state index contributed by atoms with van der Waals surface area (Å²) in [6.45, 7) is 3.24. The van der Waals surface area contributed by atoms with Gasteiger partial charge in [-0.3, -0.25) is 14.9 Å². The van der Waals surface area contributed by atoms with Crippen LogP contribution in [0.1, 0.15) is 35.7 Å². The zero-order valence-corrected chi connectivity index (χ0v) is 12.9. The van der Waals surface area contributed by atoms with Crippen LogP contribution in [0.15, 0.2) is 24.3 Å². The van der Waals surface area contributed by atoms with E-state index in [-0.39, 0.29) is 5.91 Å². The Labute approximate surface area is 134 Å². The van der Waals surface area contributed by atoms with E-state index in [9.17, 15) is 14.4 Å². The molecule has 23 heavy (non-hydrogen) atoms. The number of nitrogens with one attached hydrogen (secondary N) is 4. The van der Waals surface area contributed by atoms with Crippen LogP contribution in [0.4, 0.5) is 4.79 Å². The first-order chi connectivity index (χ1) is 11.0. The van der Waals surface area contributed by atoms with Gasteiger partial charge in [0.05, 0.1) is 0 Å². The number of amides is 4. The van der Waals surface area contributed by atoms with E-state index in [0.717, 1.165) is 19.4 Å². The van der Waals surface area contributed by atoms with Gasteiger partial charge in [0.25, 0.3) is 11.8 Å². The number of imide groups is 1. The third-order valence-electron chi connectivity index (χ3n) is 4.44. The number of hydrogen-bond donors (Lipinski definition) is 4. The number of carbonyl (C=O) groups is 3. The highest BCUT2D eigenvalue weighted by molar-refractivity contribution is 6.07. The molecule has 2 atom stereocenters. The summed E-state index contributed by atoms with van der Waals surface area (Å²) in [7, 11) is 0. The number of benzene rings is 1. The van der Waals surface area contributed by atoms with Gasteiger partial charge in [0.15, 0.2) is 0 Å². The van der Waals surface area contributed by atoms with E-state index in [1.165, 1.54) is 0 Å². The van der Waals surface area contributed by atoms with Crippen LogP contribution in [0, 0.1) is 0 Å². The topological polar surface area (TPSA) is 99.3 Å². The molecule has 7 heteroatoms. The number of hydrogen-bond acceptors (Lipinski definition) is 4. The molecule has 0 spiro atoms. The quantitative estimate of drug-likeness (QED) is 0.597. The number of carbonyl (C=O) groups excluding carboxylic acids is 3. The van der Waals surface area contributed by atoms with E-state index in [0.29, 0.717) is 23.7 Å². The van der Waals surface area contributed by atoms with Crippen molar-refractivity contribution in [2.75, 3.05) is 13.1 Å². The normalized spacial score (nSPS) is 26.7. The summed E-state index contributed by atoms with van der Waals surface area (Å²) in [5.74, 6) is -0.540. The van der Waals surface area contributed by atoms with Gasteiger partial charge in [0.1, 0.15) is 5.54 Å². The molecule has 0 bridgehead atoms. The average molecular weight is 316 g/mol. The SMILES string of the molecule is CC1(c2ccc(C(=O)NCC3CCCN3)cc2)NC(=O)NC1=O. The third-order valence-corrected chi connectivity index (χ3v) is 4.44. The zero-order chi connectivity index (χ0) is 16.4. The Kier molecular flexibility index (Phi) is 4.04. The molecular formula is C16H20N4O3. The fraction of sp³-hybridized carbons (Fsp3) is 0.438. The van der Waals surface area contributed by atoms with E-state index in [4.69, 9.17) is 0 Å². The highest BCUT2D eigenvalue weighted by atomic mass is 16.2. The molecule has 4 amide bonds. The lowest BCUT2D eigenvalue weighted by molar-refractivity contribution is -0.123. The van der Waals surface area contributed by atoms with Gasteiger partial charge in [-0.2, -0.15) is 0 Å². The fourth-order valence-corrected chi connectivity index (χ4v) is 2.95. The molecule has 2 fully saturated rings. The van der Waals surface area contributed by atoms with Crippen LogP contribution in [0.2, 0.25) is 0 Å². The molecule has 1 aromatic carbocycles. The average Bonchev–Trinajstić information content (AvgIpc) is 3.14. The summed E-state index contributed by atoms with van der Waals surface area (Å²) >= 11 is 0. The number of rotatable bonds is 4. The maximum Gasteiger partial charge on any atom is 0.322 e. The molecule has 2 aliphatic heterocycles. The van der Waals surface area contributed by atoms with Crippen molar-refractivity contribution in [2.45, 2.75) is 31.3 Å². The van der Waals surface area contributed by atoms with Crippen LogP contribution in [-0.2, 0) is 10.3 Å². The van der Waals surface area contributed by atoms with Crippen LogP contribution < -0.4 is 21.3 Å². The number of urea groups is 1. The van der Waals surface area contributed by atoms with E-state index in [1.54, 1.807) is 31.2 Å². The molecule has 0 radical (unpaired) electrons. The predicted molar refractivity (Wildman–Crippen MR) is 83.8 cm³/mol. The van der Waals surface area contributed by atoms with Crippen molar-refractivity contribution in [3.63, 3.8) is 0 Å². The molecule has 2 unspecified atom stereocenters. The molecule has 0 saturated carbocycles. The van der Waals surface area contributed by atoms with Crippen LogP contribution in [0.3, 0.4) is 0 Å². The van der Waals surface area contributed by atoms with Gasteiger partial charge in [-0.15, -0.1) is 0 Å². The van der Waals surface area contributed by atoms with Crippen LogP contribution in [-0.4, -0.2) is 37.0 Å². The monoisotopic (exact) mass is 316 g/mol. The van der Waals surface area contributed by atoms with E-state index in [1.807, 2.05) is 0 Å². The van der Waals surface area contributed by atoms with Crippen LogP contribution in [0.25, 0.3) is 0 Å². The summed E-state index contributed by atoms with van der Waals surface area (Å²) in [6.07, 6.45) is 2.22. The second-order valence-corrected chi connectivity index (χ2v) is 6.11. The summed E-state index contributed by atoms with van der Waals surface area (Å²) < 4.78 is 0. The molecule has 0 aliphatic carbocycles. The van der Waals surface area contributed by atoms with E-state index >= 15 is 0 Å². The highest BCUT2D eigenvalue weighted by Crippen LogP contribution is 2.24. The van der Waals surface area contributed by atoms with Crippen LogP contribution in [0.5, 0.6) is 0 Å². The molecule has 1 aromatic rings. The van der Waals surface area contributed by atoms with Gasteiger partial charge in [0, 0.05) is 18.2 Å². The van der Waals surface area contributed by atoms with Crippen molar-refractivity contribution >= 4 is 17.8 Å². The minimum Gasteiger partial charge on any atom is -0.350 e. The van der Waals surface area contributed by atoms with Crippen molar-refractivity contribution in [1.82, 2.24) is 21.3 Å². The lowest BCUT2D eigenvalue weighted by Gasteiger charge is -2.21. The van der Waals surface area contributed by atoms with Crippen molar-refractivity contribution in [3.05, 3.63) is 35.4 Å². The molecule has 0 aromatic heterocycles. The van der Waals surface area contributed by atoms with Crippen molar-refractivity contribution < 1.29 is 14.4 Å². The first-order valence-electron chi connectivity index (χ1n) is 7.75. The second kappa shape index (κ2) is 6.00. The molecule has 3 rings (SSSR count). The van der Waals surface area contributed by atoms with Gasteiger partial charge in [-0.1, -0.05) is 12.1 Å². The Hall–Kier alpha value is -2.41. The van der Waals surface area contributed by atoms with Gasteiger partial charge in [-0.25, -0.2) is 4.79 Å². The van der Waals surface area contributed by atoms with E-state index in [2.05, 4.69) is 21.3 Å². The fourth-order valence-electron chi connectivity index (χ4n) is 2.95. The largest absolute Gasteiger partial charge is 0.350 e. The molecular weight excluding hydrogens is 296 g/mol.